The molecular formula is C20H25ClN4O. The van der Waals surface area contributed by atoms with Crippen LogP contribution in [-0.4, -0.2) is 40.7 Å². The van der Waals surface area contributed by atoms with Crippen LogP contribution >= 0.6 is 11.6 Å². The lowest BCUT2D eigenvalue weighted by Crippen LogP contribution is -2.44. The summed E-state index contributed by atoms with van der Waals surface area (Å²) in [6, 6.07) is 10.8. The summed E-state index contributed by atoms with van der Waals surface area (Å²) in [5, 5.41) is 0.326. The number of nitrogens with zero attached hydrogens (tertiary/aromatic N) is 4. The number of fused-ring (bicyclic) bond motifs is 1. The summed E-state index contributed by atoms with van der Waals surface area (Å²) in [6.07, 6.45) is 0. The van der Waals surface area contributed by atoms with Crippen molar-refractivity contribution in [2.45, 2.75) is 45.4 Å². The highest BCUT2D eigenvalue weighted by atomic mass is 35.5. The van der Waals surface area contributed by atoms with Crippen LogP contribution in [0.2, 0.25) is 5.28 Å². The number of ether oxygens (including phenoxy) is 1. The lowest BCUT2D eigenvalue weighted by Gasteiger charge is -2.35. The standard InChI is InChI=1S/C20H25ClN4O/c1-14-13-26-10-9-25(14)18-16-12-24(11-15-7-5-4-6-8-15)20(2,3)17(16)22-19(21)23-18/h4-8,14H,9-13H2,1-3H3. The first kappa shape index (κ1) is 17.7. The minimum Gasteiger partial charge on any atom is -0.377 e. The molecule has 1 aromatic carbocycles. The van der Waals surface area contributed by atoms with Gasteiger partial charge in [0.2, 0.25) is 5.28 Å². The second-order valence-corrected chi connectivity index (χ2v) is 8.00. The van der Waals surface area contributed by atoms with E-state index in [2.05, 4.69) is 70.9 Å². The average molecular weight is 373 g/mol. The lowest BCUT2D eigenvalue weighted by atomic mass is 9.99. The Bertz CT molecular complexity index is 796. The minimum absolute atomic E-state index is 0.192. The first-order valence-corrected chi connectivity index (χ1v) is 9.55. The van der Waals surface area contributed by atoms with Crippen LogP contribution in [0.25, 0.3) is 0 Å². The fourth-order valence-corrected chi connectivity index (χ4v) is 4.14. The number of aromatic nitrogens is 2. The summed E-state index contributed by atoms with van der Waals surface area (Å²) >= 11 is 6.33. The highest BCUT2D eigenvalue weighted by molar-refractivity contribution is 6.28. The van der Waals surface area contributed by atoms with Crippen molar-refractivity contribution in [2.24, 2.45) is 0 Å². The van der Waals surface area contributed by atoms with E-state index in [-0.39, 0.29) is 11.6 Å². The van der Waals surface area contributed by atoms with Gasteiger partial charge < -0.3 is 9.64 Å². The first-order valence-electron chi connectivity index (χ1n) is 9.17. The van der Waals surface area contributed by atoms with Gasteiger partial charge in [-0.3, -0.25) is 4.90 Å². The zero-order chi connectivity index (χ0) is 18.3. The highest BCUT2D eigenvalue weighted by Crippen LogP contribution is 2.42. The molecule has 2 aliphatic rings. The maximum absolute atomic E-state index is 6.33. The van der Waals surface area contributed by atoms with Gasteiger partial charge in [-0.05, 0) is 37.9 Å². The molecule has 1 atom stereocenters. The molecule has 0 saturated carbocycles. The molecule has 3 heterocycles. The summed E-state index contributed by atoms with van der Waals surface area (Å²) < 4.78 is 5.60. The molecule has 138 valence electrons. The molecule has 2 aromatic rings. The Balaban J connectivity index is 1.71. The van der Waals surface area contributed by atoms with Crippen LogP contribution in [0.4, 0.5) is 5.82 Å². The van der Waals surface area contributed by atoms with Crippen molar-refractivity contribution in [3.05, 3.63) is 52.4 Å². The molecule has 0 radical (unpaired) electrons. The molecule has 1 fully saturated rings. The number of halogens is 1. The van der Waals surface area contributed by atoms with Gasteiger partial charge in [-0.1, -0.05) is 30.3 Å². The van der Waals surface area contributed by atoms with E-state index in [1.165, 1.54) is 11.1 Å². The minimum atomic E-state index is -0.192. The maximum atomic E-state index is 6.33. The van der Waals surface area contributed by atoms with Gasteiger partial charge in [0.25, 0.3) is 0 Å². The third kappa shape index (κ3) is 3.08. The molecule has 1 saturated heterocycles. The van der Waals surface area contributed by atoms with Crippen LogP contribution in [0.1, 0.15) is 37.6 Å². The number of rotatable bonds is 3. The van der Waals surface area contributed by atoms with Gasteiger partial charge in [0, 0.05) is 25.2 Å². The van der Waals surface area contributed by atoms with E-state index in [1.807, 2.05) is 0 Å². The van der Waals surface area contributed by atoms with Crippen molar-refractivity contribution in [2.75, 3.05) is 24.7 Å². The van der Waals surface area contributed by atoms with E-state index in [0.717, 1.165) is 37.8 Å². The fourth-order valence-electron chi connectivity index (χ4n) is 3.97. The van der Waals surface area contributed by atoms with Gasteiger partial charge in [0.05, 0.1) is 30.5 Å². The van der Waals surface area contributed by atoms with E-state index in [9.17, 15) is 0 Å². The monoisotopic (exact) mass is 372 g/mol. The van der Waals surface area contributed by atoms with Gasteiger partial charge in [-0.15, -0.1) is 0 Å². The van der Waals surface area contributed by atoms with Crippen LogP contribution < -0.4 is 4.90 Å². The number of benzene rings is 1. The highest BCUT2D eigenvalue weighted by Gasteiger charge is 2.42. The Labute approximate surface area is 160 Å². The molecular weight excluding hydrogens is 348 g/mol. The zero-order valence-corrected chi connectivity index (χ0v) is 16.3. The van der Waals surface area contributed by atoms with Crippen LogP contribution in [0.15, 0.2) is 30.3 Å². The van der Waals surface area contributed by atoms with Crippen molar-refractivity contribution in [3.63, 3.8) is 0 Å². The third-order valence-electron chi connectivity index (χ3n) is 5.53. The Kier molecular flexibility index (Phi) is 4.63. The maximum Gasteiger partial charge on any atom is 0.224 e. The van der Waals surface area contributed by atoms with E-state index >= 15 is 0 Å². The molecule has 0 bridgehead atoms. The number of hydrogen-bond acceptors (Lipinski definition) is 5. The Morgan fingerprint density at radius 1 is 1.23 bits per heavy atom. The smallest absolute Gasteiger partial charge is 0.224 e. The van der Waals surface area contributed by atoms with Crippen molar-refractivity contribution in [3.8, 4) is 0 Å². The molecule has 4 rings (SSSR count). The van der Waals surface area contributed by atoms with E-state index in [4.69, 9.17) is 16.3 Å². The molecule has 0 N–H and O–H groups in total. The second-order valence-electron chi connectivity index (χ2n) is 7.66. The summed E-state index contributed by atoms with van der Waals surface area (Å²) in [6.45, 7) is 10.6. The Hall–Kier alpha value is -1.69. The van der Waals surface area contributed by atoms with Gasteiger partial charge in [-0.25, -0.2) is 9.97 Å². The Morgan fingerprint density at radius 3 is 2.73 bits per heavy atom. The first-order chi connectivity index (χ1) is 12.5. The number of morpholine rings is 1. The largest absolute Gasteiger partial charge is 0.377 e. The molecule has 1 unspecified atom stereocenters. The molecule has 5 nitrogen and oxygen atoms in total. The predicted molar refractivity (Wildman–Crippen MR) is 103 cm³/mol. The molecule has 6 heteroatoms. The van der Waals surface area contributed by atoms with Crippen molar-refractivity contribution < 1.29 is 4.74 Å². The van der Waals surface area contributed by atoms with Gasteiger partial charge in [-0.2, -0.15) is 0 Å². The van der Waals surface area contributed by atoms with Crippen LogP contribution in [0, 0.1) is 0 Å². The lowest BCUT2D eigenvalue weighted by molar-refractivity contribution is 0.0982. The summed E-state index contributed by atoms with van der Waals surface area (Å²) in [5.41, 5.74) is 3.35. The summed E-state index contributed by atoms with van der Waals surface area (Å²) in [5.74, 6) is 0.972. The molecule has 0 aliphatic carbocycles. The topological polar surface area (TPSA) is 41.5 Å². The quantitative estimate of drug-likeness (QED) is 0.770. The van der Waals surface area contributed by atoms with E-state index < -0.39 is 0 Å². The molecule has 2 aliphatic heterocycles. The molecule has 0 spiro atoms. The average Bonchev–Trinajstić information content (AvgIpc) is 2.87. The summed E-state index contributed by atoms with van der Waals surface area (Å²) in [4.78, 5) is 14.0. The van der Waals surface area contributed by atoms with Crippen molar-refractivity contribution in [1.82, 2.24) is 14.9 Å². The SMILES string of the molecule is CC1COCCN1c1nc(Cl)nc2c1CN(Cc1ccccc1)C2(C)C. The number of hydrogen-bond donors (Lipinski definition) is 0. The van der Waals surface area contributed by atoms with Crippen molar-refractivity contribution in [1.29, 1.82) is 0 Å². The number of anilines is 1. The molecule has 26 heavy (non-hydrogen) atoms. The summed E-state index contributed by atoms with van der Waals surface area (Å²) in [7, 11) is 0. The molecule has 1 aromatic heterocycles. The fraction of sp³-hybridized carbons (Fsp3) is 0.500. The van der Waals surface area contributed by atoms with Gasteiger partial charge >= 0.3 is 0 Å². The van der Waals surface area contributed by atoms with Crippen LogP contribution in [0.3, 0.4) is 0 Å². The predicted octanol–water partition coefficient (Wildman–Crippen LogP) is 3.61. The van der Waals surface area contributed by atoms with E-state index in [0.29, 0.717) is 11.9 Å². The third-order valence-corrected chi connectivity index (χ3v) is 5.70. The Morgan fingerprint density at radius 2 is 2.00 bits per heavy atom. The molecule has 0 amide bonds. The zero-order valence-electron chi connectivity index (χ0n) is 15.6. The normalized spacial score (nSPS) is 22.5. The van der Waals surface area contributed by atoms with Gasteiger partial charge in [0.15, 0.2) is 0 Å². The van der Waals surface area contributed by atoms with Crippen molar-refractivity contribution >= 4 is 17.4 Å². The van der Waals surface area contributed by atoms with Gasteiger partial charge in [0.1, 0.15) is 5.82 Å². The second kappa shape index (κ2) is 6.80. The van der Waals surface area contributed by atoms with E-state index in [1.54, 1.807) is 0 Å². The van der Waals surface area contributed by atoms with Crippen LogP contribution in [-0.2, 0) is 23.4 Å². The van der Waals surface area contributed by atoms with Crippen LogP contribution in [0.5, 0.6) is 0 Å².